The summed E-state index contributed by atoms with van der Waals surface area (Å²) in [6, 6.07) is 9.41. The molecule has 0 radical (unpaired) electrons. The number of carbonyl (C=O) groups is 2. The molecule has 1 heterocycles. The van der Waals surface area contributed by atoms with E-state index in [0.29, 0.717) is 12.2 Å². The largest absolute Gasteiger partial charge is 0.444 e. The zero-order valence-corrected chi connectivity index (χ0v) is 17.9. The van der Waals surface area contributed by atoms with Crippen molar-refractivity contribution in [2.24, 2.45) is 0 Å². The van der Waals surface area contributed by atoms with Gasteiger partial charge in [-0.15, -0.1) is 0 Å². The molecular weight excluding hydrogens is 374 g/mol. The van der Waals surface area contributed by atoms with E-state index in [0.717, 1.165) is 5.56 Å². The summed E-state index contributed by atoms with van der Waals surface area (Å²) in [5.74, 6) is -0.0325. The van der Waals surface area contributed by atoms with E-state index in [-0.39, 0.29) is 18.4 Å². The van der Waals surface area contributed by atoms with Gasteiger partial charge in [0.1, 0.15) is 5.60 Å². The van der Waals surface area contributed by atoms with Crippen molar-refractivity contribution in [2.45, 2.75) is 38.8 Å². The number of rotatable bonds is 7. The van der Waals surface area contributed by atoms with Gasteiger partial charge in [-0.1, -0.05) is 12.1 Å². The van der Waals surface area contributed by atoms with Crippen LogP contribution in [0.4, 0.5) is 10.5 Å². The molecule has 0 aliphatic carbocycles. The molecule has 1 atom stereocenters. The lowest BCUT2D eigenvalue weighted by Crippen LogP contribution is -2.35. The molecule has 7 heteroatoms. The number of ether oxygens (including phenoxy) is 1. The van der Waals surface area contributed by atoms with Gasteiger partial charge in [-0.3, -0.25) is 10.1 Å². The lowest BCUT2D eigenvalue weighted by Gasteiger charge is -2.24. The fourth-order valence-corrected chi connectivity index (χ4v) is 3.36. The van der Waals surface area contributed by atoms with Gasteiger partial charge in [-0.05, 0) is 75.0 Å². The Morgan fingerprint density at radius 1 is 1.14 bits per heavy atom. The van der Waals surface area contributed by atoms with Gasteiger partial charge in [0.25, 0.3) is 0 Å². The van der Waals surface area contributed by atoms with Gasteiger partial charge in [0, 0.05) is 12.2 Å². The lowest BCUT2D eigenvalue weighted by molar-refractivity contribution is -0.120. The van der Waals surface area contributed by atoms with Crippen molar-refractivity contribution >= 4 is 29.0 Å². The van der Waals surface area contributed by atoms with Crippen molar-refractivity contribution in [1.29, 1.82) is 0 Å². The summed E-state index contributed by atoms with van der Waals surface area (Å²) in [4.78, 5) is 26.2. The summed E-state index contributed by atoms with van der Waals surface area (Å²) in [7, 11) is 4.01. The summed E-state index contributed by atoms with van der Waals surface area (Å²) in [5, 5.41) is 9.84. The fourth-order valence-electron chi connectivity index (χ4n) is 2.65. The quantitative estimate of drug-likeness (QED) is 0.731. The molecule has 1 aromatic carbocycles. The second-order valence-corrected chi connectivity index (χ2v) is 8.62. The van der Waals surface area contributed by atoms with Gasteiger partial charge in [0.2, 0.25) is 5.91 Å². The van der Waals surface area contributed by atoms with Crippen LogP contribution in [0.2, 0.25) is 0 Å². The highest BCUT2D eigenvalue weighted by Crippen LogP contribution is 2.20. The second kappa shape index (κ2) is 9.71. The molecule has 0 bridgehead atoms. The predicted octanol–water partition coefficient (Wildman–Crippen LogP) is 4.06. The molecule has 0 aliphatic rings. The van der Waals surface area contributed by atoms with Crippen molar-refractivity contribution < 1.29 is 14.3 Å². The monoisotopic (exact) mass is 403 g/mol. The maximum Gasteiger partial charge on any atom is 0.412 e. The van der Waals surface area contributed by atoms with E-state index in [2.05, 4.69) is 27.0 Å². The number of thiophene rings is 1. The van der Waals surface area contributed by atoms with E-state index >= 15 is 0 Å². The van der Waals surface area contributed by atoms with Crippen LogP contribution >= 0.6 is 11.3 Å². The first-order chi connectivity index (χ1) is 13.1. The minimum atomic E-state index is -0.546. The lowest BCUT2D eigenvalue weighted by atomic mass is 10.1. The van der Waals surface area contributed by atoms with Gasteiger partial charge < -0.3 is 15.0 Å². The van der Waals surface area contributed by atoms with Crippen LogP contribution in [-0.4, -0.2) is 43.1 Å². The highest BCUT2D eigenvalue weighted by molar-refractivity contribution is 7.07. The highest BCUT2D eigenvalue weighted by atomic mass is 32.1. The van der Waals surface area contributed by atoms with Crippen LogP contribution in [0.1, 0.15) is 37.9 Å². The predicted molar refractivity (Wildman–Crippen MR) is 114 cm³/mol. The van der Waals surface area contributed by atoms with Crippen LogP contribution < -0.4 is 10.6 Å². The third-order valence-electron chi connectivity index (χ3n) is 4.01. The van der Waals surface area contributed by atoms with Gasteiger partial charge >= 0.3 is 6.09 Å². The maximum absolute atomic E-state index is 12.3. The van der Waals surface area contributed by atoms with Gasteiger partial charge in [0.05, 0.1) is 12.5 Å². The van der Waals surface area contributed by atoms with Gasteiger partial charge in [0.15, 0.2) is 0 Å². The minimum absolute atomic E-state index is 0.0325. The van der Waals surface area contributed by atoms with E-state index < -0.39 is 11.7 Å². The number of amides is 2. The van der Waals surface area contributed by atoms with E-state index in [4.69, 9.17) is 4.74 Å². The molecule has 2 amide bonds. The average molecular weight is 404 g/mol. The van der Waals surface area contributed by atoms with Crippen LogP contribution in [0.15, 0.2) is 41.1 Å². The SMILES string of the molecule is CN(C)C(CNC(=O)Cc1ccc(NC(=O)OC(C)(C)C)cc1)c1ccsc1. The molecule has 0 saturated carbocycles. The Bertz CT molecular complexity index is 765. The molecule has 0 fully saturated rings. The molecule has 152 valence electrons. The summed E-state index contributed by atoms with van der Waals surface area (Å²) < 4.78 is 5.22. The zero-order chi connectivity index (χ0) is 20.7. The molecule has 0 spiro atoms. The van der Waals surface area contributed by atoms with Gasteiger partial charge in [-0.2, -0.15) is 11.3 Å². The molecule has 6 nitrogen and oxygen atoms in total. The Morgan fingerprint density at radius 2 is 1.82 bits per heavy atom. The maximum atomic E-state index is 12.3. The molecule has 28 heavy (non-hydrogen) atoms. The number of carbonyl (C=O) groups excluding carboxylic acids is 2. The third-order valence-corrected chi connectivity index (χ3v) is 4.71. The highest BCUT2D eigenvalue weighted by Gasteiger charge is 2.17. The van der Waals surface area contributed by atoms with E-state index in [1.54, 1.807) is 23.5 Å². The Morgan fingerprint density at radius 3 is 2.36 bits per heavy atom. The summed E-state index contributed by atoms with van der Waals surface area (Å²) in [5.41, 5.74) is 2.16. The third kappa shape index (κ3) is 7.32. The van der Waals surface area contributed by atoms with Crippen LogP contribution in [0.3, 0.4) is 0 Å². The smallest absolute Gasteiger partial charge is 0.412 e. The number of benzene rings is 1. The minimum Gasteiger partial charge on any atom is -0.444 e. The zero-order valence-electron chi connectivity index (χ0n) is 17.1. The van der Waals surface area contributed by atoms with E-state index in [9.17, 15) is 9.59 Å². The summed E-state index contributed by atoms with van der Waals surface area (Å²) in [6.07, 6.45) is -0.211. The Hall–Kier alpha value is -2.38. The van der Waals surface area contributed by atoms with E-state index in [1.807, 2.05) is 52.4 Å². The first kappa shape index (κ1) is 21.9. The number of anilines is 1. The van der Waals surface area contributed by atoms with E-state index in [1.165, 1.54) is 5.56 Å². The molecule has 1 aromatic heterocycles. The molecule has 0 saturated heterocycles. The number of hydrogen-bond acceptors (Lipinski definition) is 5. The van der Waals surface area contributed by atoms with Crippen molar-refractivity contribution in [3.8, 4) is 0 Å². The first-order valence-corrected chi connectivity index (χ1v) is 10.1. The van der Waals surface area contributed by atoms with Crippen molar-refractivity contribution in [1.82, 2.24) is 10.2 Å². The molecule has 1 unspecified atom stereocenters. The summed E-state index contributed by atoms with van der Waals surface area (Å²) in [6.45, 7) is 6.00. The molecular formula is C21H29N3O3S. The number of nitrogens with zero attached hydrogens (tertiary/aromatic N) is 1. The van der Waals surface area contributed by atoms with Crippen molar-refractivity contribution in [3.05, 3.63) is 52.2 Å². The molecule has 2 aromatic rings. The van der Waals surface area contributed by atoms with Crippen molar-refractivity contribution in [2.75, 3.05) is 26.0 Å². The first-order valence-electron chi connectivity index (χ1n) is 9.18. The molecule has 2 N–H and O–H groups in total. The average Bonchev–Trinajstić information content (AvgIpc) is 3.09. The topological polar surface area (TPSA) is 70.7 Å². The standard InChI is InChI=1S/C21H29N3O3S/c1-21(2,3)27-20(26)23-17-8-6-15(7-9-17)12-19(25)22-13-18(24(4)5)16-10-11-28-14-16/h6-11,14,18H,12-13H2,1-5H3,(H,22,25)(H,23,26). The fraction of sp³-hybridized carbons (Fsp3) is 0.429. The number of nitrogens with one attached hydrogen (secondary N) is 2. The Balaban J connectivity index is 1.84. The van der Waals surface area contributed by atoms with Crippen LogP contribution in [0.25, 0.3) is 0 Å². The Labute approximate surface area is 170 Å². The summed E-state index contributed by atoms with van der Waals surface area (Å²) >= 11 is 1.65. The molecule has 2 rings (SSSR count). The molecule has 0 aliphatic heterocycles. The Kier molecular flexibility index (Phi) is 7.60. The number of hydrogen-bond donors (Lipinski definition) is 2. The second-order valence-electron chi connectivity index (χ2n) is 7.84. The normalized spacial score (nSPS) is 12.5. The number of likely N-dealkylation sites (N-methyl/N-ethyl adjacent to an activating group) is 1. The van der Waals surface area contributed by atoms with Crippen LogP contribution in [-0.2, 0) is 16.0 Å². The van der Waals surface area contributed by atoms with Crippen molar-refractivity contribution in [3.63, 3.8) is 0 Å². The van der Waals surface area contributed by atoms with Gasteiger partial charge in [-0.25, -0.2) is 4.79 Å². The van der Waals surface area contributed by atoms with Crippen LogP contribution in [0.5, 0.6) is 0 Å². The van der Waals surface area contributed by atoms with Crippen LogP contribution in [0, 0.1) is 0 Å².